The fourth-order valence-electron chi connectivity index (χ4n) is 2.69. The number of anilines is 3. The Bertz CT molecular complexity index is 922. The predicted molar refractivity (Wildman–Crippen MR) is 92.9 cm³/mol. The molecule has 6 nitrogen and oxygen atoms in total. The summed E-state index contributed by atoms with van der Waals surface area (Å²) in [6, 6.07) is 15.3. The monoisotopic (exact) mass is 331 g/mol. The summed E-state index contributed by atoms with van der Waals surface area (Å²) in [5, 5.41) is 8.70. The Balaban J connectivity index is 1.81. The van der Waals surface area contributed by atoms with Crippen LogP contribution in [0.3, 0.4) is 0 Å². The maximum atomic E-state index is 11.7. The molecule has 4 rings (SSSR count). The molecule has 1 aliphatic rings. The Morgan fingerprint density at radius 2 is 1.52 bits per heavy atom. The highest BCUT2D eigenvalue weighted by Crippen LogP contribution is 2.49. The van der Waals surface area contributed by atoms with E-state index in [1.807, 2.05) is 53.4 Å². The summed E-state index contributed by atoms with van der Waals surface area (Å²) in [6.07, 6.45) is 4.83. The minimum atomic E-state index is -0.461. The van der Waals surface area contributed by atoms with Gasteiger partial charge in [0.05, 0.1) is 35.7 Å². The van der Waals surface area contributed by atoms with E-state index in [0.717, 1.165) is 28.9 Å². The maximum absolute atomic E-state index is 11.7. The average Bonchev–Trinajstić information content (AvgIpc) is 2.66. The van der Waals surface area contributed by atoms with Gasteiger partial charge in [-0.3, -0.25) is 4.79 Å². The molecule has 0 saturated heterocycles. The van der Waals surface area contributed by atoms with E-state index >= 15 is 0 Å². The van der Waals surface area contributed by atoms with Crippen molar-refractivity contribution in [1.82, 2.24) is 9.97 Å². The average molecular weight is 331 g/mol. The van der Waals surface area contributed by atoms with Crippen LogP contribution in [-0.4, -0.2) is 20.9 Å². The van der Waals surface area contributed by atoms with Crippen molar-refractivity contribution in [3.8, 4) is 11.5 Å². The van der Waals surface area contributed by atoms with Crippen molar-refractivity contribution in [2.24, 2.45) is 0 Å². The number of fused-ring (bicyclic) bond motifs is 2. The lowest BCUT2D eigenvalue weighted by Crippen LogP contribution is -2.16. The van der Waals surface area contributed by atoms with Crippen LogP contribution in [0, 0.1) is 0 Å². The molecule has 0 atom stereocenters. The fraction of sp³-hybridized carbons (Fsp3) is 0. The van der Waals surface area contributed by atoms with Gasteiger partial charge >= 0.3 is 0 Å². The van der Waals surface area contributed by atoms with E-state index in [-0.39, 0.29) is 5.82 Å². The van der Waals surface area contributed by atoms with E-state index in [0.29, 0.717) is 11.9 Å². The molecule has 1 N–H and O–H groups in total. The van der Waals surface area contributed by atoms with Gasteiger partial charge in [0.1, 0.15) is 0 Å². The van der Waals surface area contributed by atoms with Crippen LogP contribution in [0.5, 0.6) is 11.5 Å². The van der Waals surface area contributed by atoms with Crippen molar-refractivity contribution in [2.45, 2.75) is 0 Å². The van der Waals surface area contributed by atoms with Crippen LogP contribution in [0.4, 0.5) is 17.1 Å². The first kappa shape index (κ1) is 14.9. The van der Waals surface area contributed by atoms with Gasteiger partial charge in [0.25, 0.3) is 0 Å². The van der Waals surface area contributed by atoms with Gasteiger partial charge in [-0.1, -0.05) is 24.3 Å². The van der Waals surface area contributed by atoms with Crippen LogP contribution >= 0.6 is 0 Å². The van der Waals surface area contributed by atoms with Crippen molar-refractivity contribution >= 4 is 22.8 Å². The summed E-state index contributed by atoms with van der Waals surface area (Å²) in [7, 11) is 0. The van der Waals surface area contributed by atoms with E-state index < -0.39 is 5.78 Å². The normalized spacial score (nSPS) is 12.4. The van der Waals surface area contributed by atoms with Crippen LogP contribution < -0.4 is 9.64 Å². The van der Waals surface area contributed by atoms with Crippen molar-refractivity contribution < 1.29 is 14.6 Å². The molecular formula is C19H13N3O3. The third-order valence-corrected chi connectivity index (χ3v) is 3.77. The van der Waals surface area contributed by atoms with Crippen molar-refractivity contribution in [3.05, 3.63) is 79.1 Å². The van der Waals surface area contributed by atoms with Crippen molar-refractivity contribution in [3.63, 3.8) is 0 Å². The first-order valence-corrected chi connectivity index (χ1v) is 7.61. The number of aliphatic hydroxyl groups is 1. The van der Waals surface area contributed by atoms with Gasteiger partial charge in [-0.15, -0.1) is 0 Å². The number of hydrogen-bond donors (Lipinski definition) is 1. The molecule has 0 radical (unpaired) electrons. The second-order valence-electron chi connectivity index (χ2n) is 5.32. The van der Waals surface area contributed by atoms with Gasteiger partial charge in [-0.05, 0) is 24.3 Å². The number of nitrogens with zero attached hydrogens (tertiary/aromatic N) is 3. The Hall–Kier alpha value is -3.67. The zero-order valence-electron chi connectivity index (χ0n) is 13.0. The van der Waals surface area contributed by atoms with Crippen molar-refractivity contribution in [1.29, 1.82) is 0 Å². The summed E-state index contributed by atoms with van der Waals surface area (Å²) >= 11 is 0. The third-order valence-electron chi connectivity index (χ3n) is 3.77. The molecule has 1 aromatic heterocycles. The number of ketones is 1. The molecule has 3 aromatic rings. The Morgan fingerprint density at radius 3 is 2.08 bits per heavy atom. The predicted octanol–water partition coefficient (Wildman–Crippen LogP) is 4.31. The number of benzene rings is 2. The number of hydrogen-bond acceptors (Lipinski definition) is 6. The van der Waals surface area contributed by atoms with Gasteiger partial charge in [-0.2, -0.15) is 0 Å². The first-order chi connectivity index (χ1) is 12.3. The van der Waals surface area contributed by atoms with E-state index in [9.17, 15) is 4.79 Å². The summed E-state index contributed by atoms with van der Waals surface area (Å²) in [5.74, 6) is 1.01. The van der Waals surface area contributed by atoms with E-state index in [4.69, 9.17) is 9.84 Å². The van der Waals surface area contributed by atoms with Crippen LogP contribution in [0.2, 0.25) is 0 Å². The number of allylic oxidation sites excluding steroid dienone is 1. The van der Waals surface area contributed by atoms with Crippen LogP contribution in [-0.2, 0) is 0 Å². The lowest BCUT2D eigenvalue weighted by molar-refractivity contribution is 0.103. The minimum Gasteiger partial charge on any atom is -0.515 e. The van der Waals surface area contributed by atoms with Crippen LogP contribution in [0.25, 0.3) is 0 Å². The number of rotatable bonds is 3. The number of carbonyl (C=O) groups is 1. The largest absolute Gasteiger partial charge is 0.515 e. The molecule has 0 spiro atoms. The highest BCUT2D eigenvalue weighted by atomic mass is 16.5. The van der Waals surface area contributed by atoms with E-state index in [1.165, 1.54) is 0 Å². The molecule has 122 valence electrons. The van der Waals surface area contributed by atoms with Gasteiger partial charge < -0.3 is 14.7 Å². The lowest BCUT2D eigenvalue weighted by Gasteiger charge is -2.32. The molecule has 0 amide bonds. The SMILES string of the molecule is O=C(C=CO)c1ncc(N2c3ccccc3Oc3ccccc32)cn1. The Labute approximate surface area is 143 Å². The molecule has 0 fully saturated rings. The zero-order chi connectivity index (χ0) is 17.2. The molecule has 6 heteroatoms. The van der Waals surface area contributed by atoms with Gasteiger partial charge in [0, 0.05) is 6.08 Å². The number of aromatic nitrogens is 2. The lowest BCUT2D eigenvalue weighted by atomic mass is 10.1. The minimum absolute atomic E-state index is 0.0175. The highest BCUT2D eigenvalue weighted by molar-refractivity contribution is 6.01. The van der Waals surface area contributed by atoms with E-state index in [1.54, 1.807) is 12.4 Å². The van der Waals surface area contributed by atoms with Crippen LogP contribution in [0.1, 0.15) is 10.6 Å². The summed E-state index contributed by atoms with van der Waals surface area (Å²) in [4.78, 5) is 21.9. The number of aliphatic hydroxyl groups excluding tert-OH is 1. The number of carbonyl (C=O) groups excluding carboxylic acids is 1. The van der Waals surface area contributed by atoms with Crippen LogP contribution in [0.15, 0.2) is 73.3 Å². The number of ether oxygens (including phenoxy) is 1. The molecule has 0 unspecified atom stereocenters. The second-order valence-corrected chi connectivity index (χ2v) is 5.32. The quantitative estimate of drug-likeness (QED) is 0.342. The van der Waals surface area contributed by atoms with Gasteiger partial charge in [0.2, 0.25) is 11.6 Å². The second kappa shape index (κ2) is 6.09. The summed E-state index contributed by atoms with van der Waals surface area (Å²) in [6.45, 7) is 0. The van der Waals surface area contributed by atoms with Gasteiger partial charge in [-0.25, -0.2) is 9.97 Å². The fourth-order valence-corrected chi connectivity index (χ4v) is 2.69. The topological polar surface area (TPSA) is 75.5 Å². The molecule has 2 heterocycles. The summed E-state index contributed by atoms with van der Waals surface area (Å²) in [5.41, 5.74) is 2.42. The zero-order valence-corrected chi connectivity index (χ0v) is 13.0. The molecule has 25 heavy (non-hydrogen) atoms. The molecule has 0 aliphatic carbocycles. The molecular weight excluding hydrogens is 318 g/mol. The smallest absolute Gasteiger partial charge is 0.226 e. The third kappa shape index (κ3) is 2.59. The molecule has 0 bridgehead atoms. The number of para-hydroxylation sites is 4. The summed E-state index contributed by atoms with van der Waals surface area (Å²) < 4.78 is 5.95. The van der Waals surface area contributed by atoms with Crippen molar-refractivity contribution in [2.75, 3.05) is 4.90 Å². The maximum Gasteiger partial charge on any atom is 0.226 e. The Kier molecular flexibility index (Phi) is 3.63. The first-order valence-electron chi connectivity index (χ1n) is 7.61. The van der Waals surface area contributed by atoms with Gasteiger partial charge in [0.15, 0.2) is 11.5 Å². The molecule has 2 aromatic carbocycles. The molecule has 0 saturated carbocycles. The molecule has 1 aliphatic heterocycles. The Morgan fingerprint density at radius 1 is 0.960 bits per heavy atom. The van der Waals surface area contributed by atoms with E-state index in [2.05, 4.69) is 9.97 Å². The highest BCUT2D eigenvalue weighted by Gasteiger charge is 2.25. The standard InChI is InChI=1S/C19H13N3O3/c23-10-9-16(24)19-20-11-13(12-21-19)22-14-5-1-3-7-17(14)25-18-8-4-2-6-15(18)22/h1-12,23H.